The van der Waals surface area contributed by atoms with Crippen LogP contribution in [0, 0.1) is 5.92 Å². The summed E-state index contributed by atoms with van der Waals surface area (Å²) in [5, 5.41) is 18.4. The number of carbonyl (C=O) groups excluding carboxylic acids is 1. The van der Waals surface area contributed by atoms with Crippen molar-refractivity contribution in [3.8, 4) is 0 Å². The molecule has 2 atom stereocenters. The van der Waals surface area contributed by atoms with Gasteiger partial charge in [0.2, 0.25) is 0 Å². The Morgan fingerprint density at radius 1 is 1.23 bits per heavy atom. The quantitative estimate of drug-likeness (QED) is 0.849. The first-order valence-electron chi connectivity index (χ1n) is 10.2. The fourth-order valence-corrected chi connectivity index (χ4v) is 5.15. The van der Waals surface area contributed by atoms with E-state index in [0.717, 1.165) is 30.5 Å². The number of fused-ring (bicyclic) bond motifs is 1. The molecule has 26 heavy (non-hydrogen) atoms. The smallest absolute Gasteiger partial charge is 0.274 e. The number of likely N-dealkylation sites (tertiary alicyclic amines) is 1. The number of hydrogen-bond acceptors (Lipinski definition) is 4. The summed E-state index contributed by atoms with van der Waals surface area (Å²) in [5.41, 5.74) is 1.90. The van der Waals surface area contributed by atoms with E-state index in [1.165, 1.54) is 19.3 Å². The molecule has 2 aliphatic heterocycles. The lowest BCUT2D eigenvalue weighted by atomic mass is 9.72. The third kappa shape index (κ3) is 3.18. The van der Waals surface area contributed by atoms with Crippen molar-refractivity contribution in [1.82, 2.24) is 15.1 Å². The van der Waals surface area contributed by atoms with Crippen LogP contribution < -0.4 is 0 Å². The van der Waals surface area contributed by atoms with Crippen LogP contribution in [0.1, 0.15) is 86.6 Å². The third-order valence-corrected chi connectivity index (χ3v) is 6.72. The average molecular weight is 361 g/mol. The maximum Gasteiger partial charge on any atom is 0.274 e. The van der Waals surface area contributed by atoms with Crippen molar-refractivity contribution in [3.63, 3.8) is 0 Å². The van der Waals surface area contributed by atoms with Crippen LogP contribution in [-0.2, 0) is 11.2 Å². The van der Waals surface area contributed by atoms with E-state index in [1.54, 1.807) is 0 Å². The minimum atomic E-state index is -0.584. The molecule has 6 nitrogen and oxygen atoms in total. The Bertz CT molecular complexity index is 657. The van der Waals surface area contributed by atoms with Crippen molar-refractivity contribution in [1.29, 1.82) is 0 Å². The van der Waals surface area contributed by atoms with Crippen LogP contribution in [0.3, 0.4) is 0 Å². The second-order valence-electron chi connectivity index (χ2n) is 8.49. The normalized spacial score (nSPS) is 29.4. The molecule has 1 amide bonds. The summed E-state index contributed by atoms with van der Waals surface area (Å²) < 4.78 is 5.82. The van der Waals surface area contributed by atoms with Gasteiger partial charge in [-0.25, -0.2) is 0 Å². The van der Waals surface area contributed by atoms with Gasteiger partial charge in [-0.15, -0.1) is 0 Å². The van der Waals surface area contributed by atoms with Gasteiger partial charge in [0.1, 0.15) is 0 Å². The highest BCUT2D eigenvalue weighted by Crippen LogP contribution is 2.39. The Morgan fingerprint density at radius 3 is 2.62 bits per heavy atom. The van der Waals surface area contributed by atoms with Crippen molar-refractivity contribution in [2.24, 2.45) is 5.92 Å². The molecule has 0 aromatic carbocycles. The Hall–Kier alpha value is -1.40. The van der Waals surface area contributed by atoms with Gasteiger partial charge in [-0.1, -0.05) is 19.3 Å². The molecule has 3 aliphatic rings. The molecule has 3 heterocycles. The first kappa shape index (κ1) is 18.0. The molecule has 1 aromatic rings. The van der Waals surface area contributed by atoms with E-state index >= 15 is 0 Å². The molecule has 6 heteroatoms. The molecule has 144 valence electrons. The third-order valence-electron chi connectivity index (χ3n) is 6.72. The number of nitrogens with one attached hydrogen (secondary N) is 1. The van der Waals surface area contributed by atoms with E-state index < -0.39 is 5.60 Å². The number of rotatable bonds is 2. The number of piperidine rings is 1. The van der Waals surface area contributed by atoms with Crippen molar-refractivity contribution < 1.29 is 14.6 Å². The lowest BCUT2D eigenvalue weighted by Gasteiger charge is -2.44. The van der Waals surface area contributed by atoms with Crippen LogP contribution >= 0.6 is 0 Å². The molecule has 1 saturated heterocycles. The van der Waals surface area contributed by atoms with Crippen LogP contribution in [0.5, 0.6) is 0 Å². The Labute approximate surface area is 155 Å². The predicted octanol–water partition coefficient (Wildman–Crippen LogP) is 2.98. The SMILES string of the molecule is C[C@@H]1Cc2c(C(=O)N3CCC(O)(C4CCCCC4)CC3)n[nH]c2[C@H](C)O1. The summed E-state index contributed by atoms with van der Waals surface area (Å²) in [4.78, 5) is 14.9. The monoisotopic (exact) mass is 361 g/mol. The highest BCUT2D eigenvalue weighted by Gasteiger charge is 2.41. The van der Waals surface area contributed by atoms with E-state index in [0.29, 0.717) is 37.5 Å². The van der Waals surface area contributed by atoms with Crippen LogP contribution in [0.15, 0.2) is 0 Å². The van der Waals surface area contributed by atoms with E-state index in [9.17, 15) is 9.90 Å². The lowest BCUT2D eigenvalue weighted by Crippen LogP contribution is -2.51. The number of aliphatic hydroxyl groups is 1. The van der Waals surface area contributed by atoms with Crippen molar-refractivity contribution in [3.05, 3.63) is 17.0 Å². The van der Waals surface area contributed by atoms with Gasteiger partial charge in [-0.05, 0) is 45.4 Å². The van der Waals surface area contributed by atoms with Crippen LogP contribution in [-0.4, -0.2) is 50.9 Å². The van der Waals surface area contributed by atoms with E-state index in [1.807, 2.05) is 18.7 Å². The molecule has 0 spiro atoms. The molecular formula is C20H31N3O3. The summed E-state index contributed by atoms with van der Waals surface area (Å²) >= 11 is 0. The summed E-state index contributed by atoms with van der Waals surface area (Å²) in [6.07, 6.45) is 8.15. The standard InChI is InChI=1S/C20H31N3O3/c1-13-12-16-17(14(2)26-13)21-22-18(16)19(24)23-10-8-20(25,9-11-23)15-6-4-3-5-7-15/h13-15,25H,3-12H2,1-2H3,(H,21,22)/t13-,14+/m1/s1. The van der Waals surface area contributed by atoms with E-state index in [2.05, 4.69) is 10.2 Å². The number of aromatic nitrogens is 2. The zero-order chi connectivity index (χ0) is 18.3. The second-order valence-corrected chi connectivity index (χ2v) is 8.49. The number of hydrogen-bond donors (Lipinski definition) is 2. The Kier molecular flexibility index (Phi) is 4.82. The van der Waals surface area contributed by atoms with Gasteiger partial charge >= 0.3 is 0 Å². The largest absolute Gasteiger partial charge is 0.389 e. The lowest BCUT2D eigenvalue weighted by molar-refractivity contribution is -0.0724. The maximum absolute atomic E-state index is 13.1. The van der Waals surface area contributed by atoms with Gasteiger partial charge in [0.25, 0.3) is 5.91 Å². The van der Waals surface area contributed by atoms with Crippen LogP contribution in [0.2, 0.25) is 0 Å². The van der Waals surface area contributed by atoms with Crippen molar-refractivity contribution in [2.45, 2.75) is 83.0 Å². The molecule has 4 rings (SSSR count). The van der Waals surface area contributed by atoms with E-state index in [-0.39, 0.29) is 18.1 Å². The number of carbonyl (C=O) groups is 1. The summed E-state index contributed by atoms with van der Waals surface area (Å²) in [6.45, 7) is 5.27. The summed E-state index contributed by atoms with van der Waals surface area (Å²) in [5.74, 6) is 0.403. The number of amides is 1. The maximum atomic E-state index is 13.1. The fourth-order valence-electron chi connectivity index (χ4n) is 5.15. The Balaban J connectivity index is 1.44. The molecular weight excluding hydrogens is 330 g/mol. The zero-order valence-electron chi connectivity index (χ0n) is 16.0. The first-order chi connectivity index (χ1) is 12.5. The van der Waals surface area contributed by atoms with Crippen molar-refractivity contribution >= 4 is 5.91 Å². The number of aromatic amines is 1. The predicted molar refractivity (Wildman–Crippen MR) is 97.9 cm³/mol. The molecule has 2 N–H and O–H groups in total. The topological polar surface area (TPSA) is 78.5 Å². The molecule has 0 unspecified atom stereocenters. The van der Waals surface area contributed by atoms with Crippen LogP contribution in [0.25, 0.3) is 0 Å². The minimum Gasteiger partial charge on any atom is -0.389 e. The number of H-pyrrole nitrogens is 1. The second kappa shape index (κ2) is 6.97. The summed E-state index contributed by atoms with van der Waals surface area (Å²) in [7, 11) is 0. The Morgan fingerprint density at radius 2 is 1.92 bits per heavy atom. The first-order valence-corrected chi connectivity index (χ1v) is 10.2. The molecule has 0 radical (unpaired) electrons. The molecule has 0 bridgehead atoms. The fraction of sp³-hybridized carbons (Fsp3) is 0.800. The highest BCUT2D eigenvalue weighted by molar-refractivity contribution is 5.94. The molecule has 1 aliphatic carbocycles. The summed E-state index contributed by atoms with van der Waals surface area (Å²) in [6, 6.07) is 0. The molecule has 1 saturated carbocycles. The van der Waals surface area contributed by atoms with Gasteiger partial charge < -0.3 is 14.7 Å². The minimum absolute atomic E-state index is 0.00510. The number of ether oxygens (including phenoxy) is 1. The van der Waals surface area contributed by atoms with Gasteiger partial charge in [-0.2, -0.15) is 5.10 Å². The zero-order valence-corrected chi connectivity index (χ0v) is 16.0. The number of nitrogens with zero attached hydrogens (tertiary/aromatic N) is 2. The highest BCUT2D eigenvalue weighted by atomic mass is 16.5. The van der Waals surface area contributed by atoms with E-state index in [4.69, 9.17) is 4.74 Å². The average Bonchev–Trinajstić information content (AvgIpc) is 3.06. The van der Waals surface area contributed by atoms with Gasteiger partial charge in [0.05, 0.1) is 23.5 Å². The van der Waals surface area contributed by atoms with Crippen LogP contribution in [0.4, 0.5) is 0 Å². The van der Waals surface area contributed by atoms with Gasteiger partial charge in [-0.3, -0.25) is 9.89 Å². The molecule has 1 aromatic heterocycles. The van der Waals surface area contributed by atoms with Gasteiger partial charge in [0.15, 0.2) is 5.69 Å². The van der Waals surface area contributed by atoms with Crippen molar-refractivity contribution in [2.75, 3.05) is 13.1 Å². The van der Waals surface area contributed by atoms with Gasteiger partial charge in [0, 0.05) is 25.1 Å². The molecule has 2 fully saturated rings.